The zero-order valence-corrected chi connectivity index (χ0v) is 11.3. The van der Waals surface area contributed by atoms with E-state index in [4.69, 9.17) is 5.73 Å². The van der Waals surface area contributed by atoms with E-state index in [0.717, 1.165) is 24.1 Å². The van der Waals surface area contributed by atoms with Crippen LogP contribution in [0, 0.1) is 5.92 Å². The molecule has 5 heteroatoms. The Hall–Kier alpha value is -0.970. The highest BCUT2D eigenvalue weighted by atomic mass is 32.2. The van der Waals surface area contributed by atoms with E-state index in [1.165, 1.54) is 17.9 Å². The smallest absolute Gasteiger partial charge is 0.135 e. The lowest BCUT2D eigenvalue weighted by molar-refractivity contribution is 0.629. The van der Waals surface area contributed by atoms with Gasteiger partial charge in [-0.1, -0.05) is 13.8 Å². The third kappa shape index (κ3) is 3.49. The molecule has 1 unspecified atom stereocenters. The topological polar surface area (TPSA) is 63.8 Å². The molecule has 1 aromatic rings. The number of nitrogens with one attached hydrogen (secondary N) is 1. The summed E-state index contributed by atoms with van der Waals surface area (Å²) < 4.78 is 0. The molecule has 1 saturated heterocycles. The van der Waals surface area contributed by atoms with Crippen LogP contribution in [0.1, 0.15) is 32.0 Å². The molecule has 0 radical (unpaired) electrons. The molecule has 1 fully saturated rings. The average Bonchev–Trinajstić information content (AvgIpc) is 2.78. The van der Waals surface area contributed by atoms with E-state index < -0.39 is 0 Å². The largest absolute Gasteiger partial charge is 0.384 e. The number of nitrogen functional groups attached to an aromatic ring is 1. The van der Waals surface area contributed by atoms with Gasteiger partial charge >= 0.3 is 0 Å². The maximum Gasteiger partial charge on any atom is 0.135 e. The van der Waals surface area contributed by atoms with Gasteiger partial charge in [-0.15, -0.1) is 0 Å². The van der Waals surface area contributed by atoms with E-state index in [9.17, 15) is 0 Å². The fourth-order valence-electron chi connectivity index (χ4n) is 1.83. The molecule has 1 atom stereocenters. The van der Waals surface area contributed by atoms with Gasteiger partial charge in [0, 0.05) is 18.5 Å². The number of hydrogen-bond donors (Lipinski definition) is 2. The summed E-state index contributed by atoms with van der Waals surface area (Å²) in [6.45, 7) is 5.14. The Balaban J connectivity index is 1.99. The van der Waals surface area contributed by atoms with Crippen LogP contribution in [0.2, 0.25) is 0 Å². The van der Waals surface area contributed by atoms with E-state index in [-0.39, 0.29) is 0 Å². The number of anilines is 2. The zero-order chi connectivity index (χ0) is 12.3. The molecule has 94 valence electrons. The van der Waals surface area contributed by atoms with Crippen LogP contribution in [0.25, 0.3) is 0 Å². The fourth-order valence-corrected chi connectivity index (χ4v) is 3.11. The first-order chi connectivity index (χ1) is 8.15. The lowest BCUT2D eigenvalue weighted by Gasteiger charge is -2.12. The third-order valence-corrected chi connectivity index (χ3v) is 4.11. The Kier molecular flexibility index (Phi) is 4.10. The molecule has 0 amide bonds. The van der Waals surface area contributed by atoms with Gasteiger partial charge < -0.3 is 11.1 Å². The van der Waals surface area contributed by atoms with Crippen molar-refractivity contribution in [3.8, 4) is 0 Å². The van der Waals surface area contributed by atoms with Crippen molar-refractivity contribution in [1.29, 1.82) is 0 Å². The zero-order valence-electron chi connectivity index (χ0n) is 10.4. The second kappa shape index (κ2) is 5.58. The van der Waals surface area contributed by atoms with Crippen LogP contribution >= 0.6 is 11.8 Å². The van der Waals surface area contributed by atoms with Gasteiger partial charge in [0.1, 0.15) is 17.5 Å². The van der Waals surface area contributed by atoms with Crippen molar-refractivity contribution in [3.63, 3.8) is 0 Å². The second-order valence-corrected chi connectivity index (χ2v) is 5.95. The quantitative estimate of drug-likeness (QED) is 0.861. The minimum absolute atomic E-state index is 0.307. The van der Waals surface area contributed by atoms with Gasteiger partial charge in [-0.25, -0.2) is 9.97 Å². The Bertz CT molecular complexity index is 375. The second-order valence-electron chi connectivity index (χ2n) is 4.80. The van der Waals surface area contributed by atoms with Crippen molar-refractivity contribution in [3.05, 3.63) is 11.9 Å². The summed E-state index contributed by atoms with van der Waals surface area (Å²) in [6.07, 6.45) is 1.30. The molecule has 1 aromatic heterocycles. The van der Waals surface area contributed by atoms with Crippen LogP contribution in [0.5, 0.6) is 0 Å². The van der Waals surface area contributed by atoms with Gasteiger partial charge in [-0.05, 0) is 23.8 Å². The van der Waals surface area contributed by atoms with E-state index in [0.29, 0.717) is 11.7 Å². The molecule has 1 aliphatic heterocycles. The van der Waals surface area contributed by atoms with E-state index >= 15 is 0 Å². The lowest BCUT2D eigenvalue weighted by Crippen LogP contribution is -2.15. The fraction of sp³-hybridized carbons (Fsp3) is 0.667. The van der Waals surface area contributed by atoms with Crippen molar-refractivity contribution < 1.29 is 0 Å². The summed E-state index contributed by atoms with van der Waals surface area (Å²) in [7, 11) is 0. The predicted molar refractivity (Wildman–Crippen MR) is 74.5 cm³/mol. The van der Waals surface area contributed by atoms with Crippen molar-refractivity contribution in [2.75, 3.05) is 29.1 Å². The molecule has 0 saturated carbocycles. The Morgan fingerprint density at radius 3 is 3.00 bits per heavy atom. The predicted octanol–water partition coefficient (Wildman–Crippen LogP) is 2.35. The molecule has 0 aliphatic carbocycles. The highest BCUT2D eigenvalue weighted by Crippen LogP contribution is 2.24. The standard InChI is InChI=1S/C12H20N4S/c1-8(2)12-15-10(13)5-11(16-12)14-6-9-3-4-17-7-9/h5,8-9H,3-4,6-7H2,1-2H3,(H3,13,14,15,16). The average molecular weight is 252 g/mol. The van der Waals surface area contributed by atoms with Gasteiger partial charge in [0.05, 0.1) is 0 Å². The van der Waals surface area contributed by atoms with Crippen LogP contribution in [0.15, 0.2) is 6.07 Å². The van der Waals surface area contributed by atoms with Gasteiger partial charge in [0.15, 0.2) is 0 Å². The molecule has 2 rings (SSSR count). The van der Waals surface area contributed by atoms with Gasteiger partial charge in [0.25, 0.3) is 0 Å². The van der Waals surface area contributed by atoms with Gasteiger partial charge in [-0.2, -0.15) is 11.8 Å². The van der Waals surface area contributed by atoms with Crippen molar-refractivity contribution in [2.24, 2.45) is 5.92 Å². The van der Waals surface area contributed by atoms with Crippen LogP contribution in [-0.2, 0) is 0 Å². The highest BCUT2D eigenvalue weighted by molar-refractivity contribution is 7.99. The maximum absolute atomic E-state index is 5.79. The molecule has 2 heterocycles. The third-order valence-electron chi connectivity index (χ3n) is 2.88. The summed E-state index contributed by atoms with van der Waals surface area (Å²) >= 11 is 2.03. The Labute approximate surface area is 107 Å². The Morgan fingerprint density at radius 2 is 2.35 bits per heavy atom. The number of nitrogens with two attached hydrogens (primary N) is 1. The number of nitrogens with zero attached hydrogens (tertiary/aromatic N) is 2. The number of aromatic nitrogens is 2. The number of rotatable bonds is 4. The molecular weight excluding hydrogens is 232 g/mol. The number of hydrogen-bond acceptors (Lipinski definition) is 5. The lowest BCUT2D eigenvalue weighted by atomic mass is 10.1. The van der Waals surface area contributed by atoms with E-state index in [2.05, 4.69) is 29.1 Å². The first kappa shape index (κ1) is 12.5. The van der Waals surface area contributed by atoms with Crippen molar-refractivity contribution in [1.82, 2.24) is 9.97 Å². The highest BCUT2D eigenvalue weighted by Gasteiger charge is 2.15. The first-order valence-corrected chi connectivity index (χ1v) is 7.26. The minimum atomic E-state index is 0.307. The molecule has 0 aromatic carbocycles. The Morgan fingerprint density at radius 1 is 1.53 bits per heavy atom. The monoisotopic (exact) mass is 252 g/mol. The minimum Gasteiger partial charge on any atom is -0.384 e. The molecule has 0 bridgehead atoms. The molecule has 0 spiro atoms. The van der Waals surface area contributed by atoms with Crippen molar-refractivity contribution >= 4 is 23.4 Å². The summed E-state index contributed by atoms with van der Waals surface area (Å²) in [4.78, 5) is 8.72. The SMILES string of the molecule is CC(C)c1nc(N)cc(NCC2CCSC2)n1. The van der Waals surface area contributed by atoms with Crippen LogP contribution in [0.3, 0.4) is 0 Å². The van der Waals surface area contributed by atoms with Crippen LogP contribution in [-0.4, -0.2) is 28.0 Å². The summed E-state index contributed by atoms with van der Waals surface area (Å²) in [5.41, 5.74) is 5.79. The molecule has 1 aliphatic rings. The molecular formula is C12H20N4S. The van der Waals surface area contributed by atoms with Crippen LogP contribution in [0.4, 0.5) is 11.6 Å². The molecule has 3 N–H and O–H groups in total. The first-order valence-electron chi connectivity index (χ1n) is 6.11. The molecule has 4 nitrogen and oxygen atoms in total. The van der Waals surface area contributed by atoms with E-state index in [1.807, 2.05) is 17.8 Å². The van der Waals surface area contributed by atoms with Crippen molar-refractivity contribution in [2.45, 2.75) is 26.2 Å². The van der Waals surface area contributed by atoms with E-state index in [1.54, 1.807) is 0 Å². The van der Waals surface area contributed by atoms with Crippen LogP contribution < -0.4 is 11.1 Å². The summed E-state index contributed by atoms with van der Waals surface area (Å²) in [6, 6.07) is 1.81. The normalized spacial score (nSPS) is 19.8. The van der Waals surface area contributed by atoms with Gasteiger partial charge in [0.2, 0.25) is 0 Å². The van der Waals surface area contributed by atoms with Gasteiger partial charge in [-0.3, -0.25) is 0 Å². The summed E-state index contributed by atoms with van der Waals surface area (Å²) in [5, 5.41) is 3.38. The maximum atomic E-state index is 5.79. The summed E-state index contributed by atoms with van der Waals surface area (Å²) in [5.74, 6) is 5.83. The molecule has 17 heavy (non-hydrogen) atoms. The number of thioether (sulfide) groups is 1.